The van der Waals surface area contributed by atoms with Crippen LogP contribution in [0.2, 0.25) is 0 Å². The van der Waals surface area contributed by atoms with Crippen molar-refractivity contribution in [2.24, 2.45) is 5.73 Å². The summed E-state index contributed by atoms with van der Waals surface area (Å²) in [4.78, 5) is 22.3. The van der Waals surface area contributed by atoms with E-state index >= 15 is 0 Å². The smallest absolute Gasteiger partial charge is 0.326 e. The van der Waals surface area contributed by atoms with Gasteiger partial charge in [-0.25, -0.2) is 4.79 Å². The van der Waals surface area contributed by atoms with Crippen molar-refractivity contribution in [2.45, 2.75) is 44.7 Å². The third-order valence-corrected chi connectivity index (χ3v) is 2.24. The lowest BCUT2D eigenvalue weighted by Gasteiger charge is -2.19. The predicted octanol–water partition coefficient (Wildman–Crippen LogP) is 0.110. The van der Waals surface area contributed by atoms with Gasteiger partial charge in [0.15, 0.2) is 0 Å². The van der Waals surface area contributed by atoms with Crippen LogP contribution in [0.5, 0.6) is 0 Å². The van der Waals surface area contributed by atoms with Gasteiger partial charge in [-0.05, 0) is 20.3 Å². The van der Waals surface area contributed by atoms with E-state index in [1.165, 1.54) is 7.11 Å². The van der Waals surface area contributed by atoms with Crippen LogP contribution in [0.1, 0.15) is 33.1 Å². The van der Waals surface area contributed by atoms with Crippen molar-refractivity contribution in [3.8, 4) is 0 Å². The van der Waals surface area contributed by atoms with Crippen molar-refractivity contribution < 1.29 is 19.4 Å². The maximum atomic E-state index is 11.5. The van der Waals surface area contributed by atoms with E-state index < -0.39 is 17.6 Å². The molecule has 100 valence electrons. The Morgan fingerprint density at radius 1 is 1.47 bits per heavy atom. The third-order valence-electron chi connectivity index (χ3n) is 2.24. The van der Waals surface area contributed by atoms with Gasteiger partial charge in [-0.3, -0.25) is 4.79 Å². The summed E-state index contributed by atoms with van der Waals surface area (Å²) >= 11 is 0. The SMILES string of the molecule is COCCC(NC(=O)CCC(C)(C)N)C(=O)O. The molecular weight excluding hydrogens is 224 g/mol. The lowest BCUT2D eigenvalue weighted by Crippen LogP contribution is -2.42. The molecule has 0 saturated carbocycles. The Morgan fingerprint density at radius 3 is 2.47 bits per heavy atom. The molecule has 0 fully saturated rings. The number of methoxy groups -OCH3 is 1. The fraction of sp³-hybridized carbons (Fsp3) is 0.818. The zero-order valence-corrected chi connectivity index (χ0v) is 10.7. The second kappa shape index (κ2) is 7.24. The summed E-state index contributed by atoms with van der Waals surface area (Å²) in [7, 11) is 1.48. The number of carboxylic acids is 1. The summed E-state index contributed by atoms with van der Waals surface area (Å²) in [5, 5.41) is 11.3. The number of hydrogen-bond donors (Lipinski definition) is 3. The number of carbonyl (C=O) groups is 2. The standard InChI is InChI=1S/C11H22N2O4/c1-11(2,12)6-4-9(14)13-8(10(15)16)5-7-17-3/h8H,4-7,12H2,1-3H3,(H,13,14)(H,15,16). The van der Waals surface area contributed by atoms with Gasteiger partial charge in [0.05, 0.1) is 0 Å². The first-order chi connectivity index (χ1) is 7.76. The molecule has 0 aliphatic rings. The van der Waals surface area contributed by atoms with Crippen LogP contribution in [-0.4, -0.2) is 42.3 Å². The number of rotatable bonds is 8. The number of amides is 1. The van der Waals surface area contributed by atoms with E-state index in [0.717, 1.165) is 0 Å². The van der Waals surface area contributed by atoms with E-state index in [9.17, 15) is 9.59 Å². The van der Waals surface area contributed by atoms with E-state index in [2.05, 4.69) is 5.32 Å². The lowest BCUT2D eigenvalue weighted by molar-refractivity contribution is -0.142. The number of carboxylic acid groups (broad SMARTS) is 1. The summed E-state index contributed by atoms with van der Waals surface area (Å²) in [5.41, 5.74) is 5.31. The fourth-order valence-corrected chi connectivity index (χ4v) is 1.20. The maximum Gasteiger partial charge on any atom is 0.326 e. The van der Waals surface area contributed by atoms with Crippen LogP contribution >= 0.6 is 0 Å². The first-order valence-electron chi connectivity index (χ1n) is 5.56. The molecule has 1 unspecified atom stereocenters. The molecule has 0 radical (unpaired) electrons. The molecule has 1 atom stereocenters. The minimum Gasteiger partial charge on any atom is -0.480 e. The van der Waals surface area contributed by atoms with Gasteiger partial charge in [-0.15, -0.1) is 0 Å². The van der Waals surface area contributed by atoms with E-state index in [4.69, 9.17) is 15.6 Å². The molecular formula is C11H22N2O4. The zero-order chi connectivity index (χ0) is 13.5. The van der Waals surface area contributed by atoms with Crippen molar-refractivity contribution in [3.63, 3.8) is 0 Å². The number of ether oxygens (including phenoxy) is 1. The molecule has 0 aromatic carbocycles. The molecule has 6 heteroatoms. The molecule has 0 aliphatic carbocycles. The summed E-state index contributed by atoms with van der Waals surface area (Å²) in [6, 6.07) is -0.900. The van der Waals surface area contributed by atoms with Gasteiger partial charge in [0.25, 0.3) is 0 Å². The van der Waals surface area contributed by atoms with E-state index in [-0.39, 0.29) is 18.7 Å². The summed E-state index contributed by atoms with van der Waals surface area (Å²) < 4.78 is 4.78. The summed E-state index contributed by atoms with van der Waals surface area (Å²) in [6.45, 7) is 3.93. The van der Waals surface area contributed by atoms with Gasteiger partial charge in [-0.1, -0.05) is 0 Å². The van der Waals surface area contributed by atoms with Gasteiger partial charge in [0, 0.05) is 32.1 Å². The average Bonchev–Trinajstić information content (AvgIpc) is 2.19. The zero-order valence-electron chi connectivity index (χ0n) is 10.7. The van der Waals surface area contributed by atoms with Crippen LogP contribution in [0.25, 0.3) is 0 Å². The second-order valence-corrected chi connectivity index (χ2v) is 4.73. The monoisotopic (exact) mass is 246 g/mol. The van der Waals surface area contributed by atoms with Gasteiger partial charge >= 0.3 is 5.97 Å². The van der Waals surface area contributed by atoms with Crippen LogP contribution in [0, 0.1) is 0 Å². The van der Waals surface area contributed by atoms with Gasteiger partial charge in [-0.2, -0.15) is 0 Å². The Bertz CT molecular complexity index is 261. The third kappa shape index (κ3) is 8.65. The van der Waals surface area contributed by atoms with E-state index in [0.29, 0.717) is 13.0 Å². The average molecular weight is 246 g/mol. The van der Waals surface area contributed by atoms with Crippen molar-refractivity contribution in [3.05, 3.63) is 0 Å². The molecule has 0 heterocycles. The first kappa shape index (κ1) is 15.9. The lowest BCUT2D eigenvalue weighted by atomic mass is 10.00. The maximum absolute atomic E-state index is 11.5. The molecule has 0 rings (SSSR count). The van der Waals surface area contributed by atoms with Crippen LogP contribution < -0.4 is 11.1 Å². The Morgan fingerprint density at radius 2 is 2.06 bits per heavy atom. The van der Waals surface area contributed by atoms with Gasteiger partial charge in [0.1, 0.15) is 6.04 Å². The van der Waals surface area contributed by atoms with Crippen LogP contribution in [0.4, 0.5) is 0 Å². The highest BCUT2D eigenvalue weighted by Gasteiger charge is 2.20. The van der Waals surface area contributed by atoms with E-state index in [1.54, 1.807) is 0 Å². The number of nitrogens with one attached hydrogen (secondary N) is 1. The number of nitrogens with two attached hydrogens (primary N) is 1. The summed E-state index contributed by atoms with van der Waals surface area (Å²) in [6.07, 6.45) is 0.985. The van der Waals surface area contributed by atoms with Crippen molar-refractivity contribution in [1.29, 1.82) is 0 Å². The quantitative estimate of drug-likeness (QED) is 0.564. The van der Waals surface area contributed by atoms with E-state index in [1.807, 2.05) is 13.8 Å². The van der Waals surface area contributed by atoms with Crippen molar-refractivity contribution >= 4 is 11.9 Å². The van der Waals surface area contributed by atoms with Crippen LogP contribution in [0.15, 0.2) is 0 Å². The number of hydrogen-bond acceptors (Lipinski definition) is 4. The molecule has 0 spiro atoms. The minimum absolute atomic E-state index is 0.222. The molecule has 0 aromatic rings. The molecule has 0 aromatic heterocycles. The number of aliphatic carboxylic acids is 1. The molecule has 0 saturated heterocycles. The number of carbonyl (C=O) groups excluding carboxylic acids is 1. The highest BCUT2D eigenvalue weighted by Crippen LogP contribution is 2.07. The van der Waals surface area contributed by atoms with Crippen molar-refractivity contribution in [1.82, 2.24) is 5.32 Å². The molecule has 4 N–H and O–H groups in total. The second-order valence-electron chi connectivity index (χ2n) is 4.73. The predicted molar refractivity (Wildman–Crippen MR) is 63.6 cm³/mol. The summed E-state index contributed by atoms with van der Waals surface area (Å²) in [5.74, 6) is -1.35. The van der Waals surface area contributed by atoms with Crippen molar-refractivity contribution in [2.75, 3.05) is 13.7 Å². The molecule has 1 amide bonds. The molecule has 17 heavy (non-hydrogen) atoms. The largest absolute Gasteiger partial charge is 0.480 e. The molecule has 0 bridgehead atoms. The first-order valence-corrected chi connectivity index (χ1v) is 5.56. The Kier molecular flexibility index (Phi) is 6.75. The molecule has 0 aliphatic heterocycles. The Balaban J connectivity index is 4.08. The van der Waals surface area contributed by atoms with Crippen LogP contribution in [0.3, 0.4) is 0 Å². The normalized spacial score (nSPS) is 13.2. The van der Waals surface area contributed by atoms with Crippen LogP contribution in [-0.2, 0) is 14.3 Å². The molecule has 6 nitrogen and oxygen atoms in total. The van der Waals surface area contributed by atoms with Gasteiger partial charge in [0.2, 0.25) is 5.91 Å². The fourth-order valence-electron chi connectivity index (χ4n) is 1.20. The Labute approximate surface area is 102 Å². The highest BCUT2D eigenvalue weighted by molar-refractivity contribution is 5.83. The Hall–Kier alpha value is -1.14. The van der Waals surface area contributed by atoms with Gasteiger partial charge < -0.3 is 20.9 Å². The highest BCUT2D eigenvalue weighted by atomic mass is 16.5. The topological polar surface area (TPSA) is 102 Å². The minimum atomic E-state index is -1.05.